The summed E-state index contributed by atoms with van der Waals surface area (Å²) in [6.45, 7) is 0. The lowest BCUT2D eigenvalue weighted by Gasteiger charge is -2.09. The highest BCUT2D eigenvalue weighted by molar-refractivity contribution is 5.84. The Morgan fingerprint density at radius 1 is 0.905 bits per heavy atom. The Morgan fingerprint density at radius 2 is 1.62 bits per heavy atom. The van der Waals surface area contributed by atoms with E-state index in [1.54, 1.807) is 0 Å². The summed E-state index contributed by atoms with van der Waals surface area (Å²) in [6.07, 6.45) is 6.13. The largest absolute Gasteiger partial charge is 0.299 e. The van der Waals surface area contributed by atoms with Gasteiger partial charge in [-0.15, -0.1) is 0 Å². The molecule has 2 aliphatic rings. The SMILES string of the molecule is O=C(Cc1ccc2c(c1)CCC2)C1Cc2ccccc2C1. The minimum absolute atomic E-state index is 0.190. The molecule has 0 amide bonds. The van der Waals surface area contributed by atoms with Gasteiger partial charge in [-0.1, -0.05) is 42.5 Å². The molecular formula is C20H20O. The highest BCUT2D eigenvalue weighted by atomic mass is 16.1. The van der Waals surface area contributed by atoms with Crippen LogP contribution in [0.4, 0.5) is 0 Å². The maximum absolute atomic E-state index is 12.6. The third-order valence-corrected chi connectivity index (χ3v) is 5.05. The molecule has 0 unspecified atom stereocenters. The zero-order valence-electron chi connectivity index (χ0n) is 12.3. The predicted molar refractivity (Wildman–Crippen MR) is 84.5 cm³/mol. The number of fused-ring (bicyclic) bond motifs is 2. The third kappa shape index (κ3) is 2.42. The second-order valence-electron chi connectivity index (χ2n) is 6.47. The van der Waals surface area contributed by atoms with Crippen LogP contribution in [0, 0.1) is 5.92 Å². The lowest BCUT2D eigenvalue weighted by molar-refractivity contribution is -0.121. The summed E-state index contributed by atoms with van der Waals surface area (Å²) in [5.41, 5.74) is 6.89. The average molecular weight is 276 g/mol. The smallest absolute Gasteiger partial charge is 0.140 e. The van der Waals surface area contributed by atoms with Gasteiger partial charge in [0, 0.05) is 12.3 Å². The fraction of sp³-hybridized carbons (Fsp3) is 0.350. The molecule has 1 heteroatoms. The van der Waals surface area contributed by atoms with E-state index >= 15 is 0 Å². The topological polar surface area (TPSA) is 17.1 Å². The number of carbonyl (C=O) groups is 1. The number of aryl methyl sites for hydroxylation is 2. The quantitative estimate of drug-likeness (QED) is 0.835. The molecule has 106 valence electrons. The number of ketones is 1. The lowest BCUT2D eigenvalue weighted by atomic mass is 9.94. The van der Waals surface area contributed by atoms with Gasteiger partial charge in [-0.05, 0) is 59.9 Å². The predicted octanol–water partition coefficient (Wildman–Crippen LogP) is 3.70. The van der Waals surface area contributed by atoms with E-state index in [2.05, 4.69) is 42.5 Å². The number of hydrogen-bond donors (Lipinski definition) is 0. The summed E-state index contributed by atoms with van der Waals surface area (Å²) in [7, 11) is 0. The van der Waals surface area contributed by atoms with Crippen LogP contribution in [0.5, 0.6) is 0 Å². The van der Waals surface area contributed by atoms with Crippen molar-refractivity contribution in [2.45, 2.75) is 38.5 Å². The first-order valence-electron chi connectivity index (χ1n) is 8.00. The van der Waals surface area contributed by atoms with E-state index in [1.165, 1.54) is 47.1 Å². The van der Waals surface area contributed by atoms with Gasteiger partial charge < -0.3 is 0 Å². The van der Waals surface area contributed by atoms with Gasteiger partial charge in [-0.3, -0.25) is 4.79 Å². The molecule has 0 saturated carbocycles. The van der Waals surface area contributed by atoms with E-state index < -0.39 is 0 Å². The minimum Gasteiger partial charge on any atom is -0.299 e. The van der Waals surface area contributed by atoms with Gasteiger partial charge in [0.2, 0.25) is 0 Å². The molecule has 1 nitrogen and oxygen atoms in total. The molecule has 0 fully saturated rings. The zero-order valence-corrected chi connectivity index (χ0v) is 12.3. The first-order valence-corrected chi connectivity index (χ1v) is 8.00. The van der Waals surface area contributed by atoms with Crippen LogP contribution in [0.25, 0.3) is 0 Å². The molecule has 0 atom stereocenters. The Balaban J connectivity index is 1.47. The molecule has 21 heavy (non-hydrogen) atoms. The standard InChI is InChI=1S/C20H20O/c21-20(19-12-17-4-1-2-5-18(17)13-19)11-14-8-9-15-6-3-7-16(15)10-14/h1-2,4-5,8-10,19H,3,6-7,11-13H2. The molecule has 2 aliphatic carbocycles. The molecule has 0 aromatic heterocycles. The van der Waals surface area contributed by atoms with E-state index in [0.717, 1.165) is 12.8 Å². The van der Waals surface area contributed by atoms with Crippen LogP contribution >= 0.6 is 0 Å². The van der Waals surface area contributed by atoms with Gasteiger partial charge in [0.05, 0.1) is 0 Å². The fourth-order valence-corrected chi connectivity index (χ4v) is 3.87. The molecule has 2 aromatic rings. The first kappa shape index (κ1) is 12.8. The zero-order chi connectivity index (χ0) is 14.2. The summed E-state index contributed by atoms with van der Waals surface area (Å²) < 4.78 is 0. The Morgan fingerprint density at radius 3 is 2.38 bits per heavy atom. The van der Waals surface area contributed by atoms with Crippen molar-refractivity contribution in [1.82, 2.24) is 0 Å². The lowest BCUT2D eigenvalue weighted by Crippen LogP contribution is -2.17. The van der Waals surface area contributed by atoms with Crippen molar-refractivity contribution < 1.29 is 4.79 Å². The van der Waals surface area contributed by atoms with Crippen molar-refractivity contribution in [3.63, 3.8) is 0 Å². The third-order valence-electron chi connectivity index (χ3n) is 5.05. The summed E-state index contributed by atoms with van der Waals surface area (Å²) in [4.78, 5) is 12.6. The van der Waals surface area contributed by atoms with Gasteiger partial charge in [0.15, 0.2) is 0 Å². The Kier molecular flexibility index (Phi) is 3.14. The maximum atomic E-state index is 12.6. The normalized spacial score (nSPS) is 16.8. The molecule has 0 aliphatic heterocycles. The van der Waals surface area contributed by atoms with Crippen LogP contribution in [0.2, 0.25) is 0 Å². The first-order chi connectivity index (χ1) is 10.3. The van der Waals surface area contributed by atoms with E-state index in [1.807, 2.05) is 0 Å². The van der Waals surface area contributed by atoms with Gasteiger partial charge in [0.1, 0.15) is 5.78 Å². The second kappa shape index (κ2) is 5.14. The van der Waals surface area contributed by atoms with Crippen molar-refractivity contribution in [1.29, 1.82) is 0 Å². The van der Waals surface area contributed by atoms with Gasteiger partial charge in [0.25, 0.3) is 0 Å². The Bertz CT molecular complexity index is 674. The van der Waals surface area contributed by atoms with Crippen LogP contribution in [0.3, 0.4) is 0 Å². The minimum atomic E-state index is 0.190. The molecular weight excluding hydrogens is 256 g/mol. The summed E-state index contributed by atoms with van der Waals surface area (Å²) >= 11 is 0. The number of rotatable bonds is 3. The molecule has 0 bridgehead atoms. The molecule has 0 N–H and O–H groups in total. The summed E-state index contributed by atoms with van der Waals surface area (Å²) in [5, 5.41) is 0. The Labute approximate surface area is 126 Å². The number of carbonyl (C=O) groups excluding carboxylic acids is 1. The van der Waals surface area contributed by atoms with E-state index in [-0.39, 0.29) is 5.92 Å². The molecule has 2 aromatic carbocycles. The summed E-state index contributed by atoms with van der Waals surface area (Å²) in [5.74, 6) is 0.597. The average Bonchev–Trinajstić information content (AvgIpc) is 3.13. The van der Waals surface area contributed by atoms with E-state index in [9.17, 15) is 4.79 Å². The highest BCUT2D eigenvalue weighted by Crippen LogP contribution is 2.29. The summed E-state index contributed by atoms with van der Waals surface area (Å²) in [6, 6.07) is 15.1. The van der Waals surface area contributed by atoms with Crippen molar-refractivity contribution in [2.75, 3.05) is 0 Å². The maximum Gasteiger partial charge on any atom is 0.140 e. The number of Topliss-reactive ketones (excluding diaryl/α,β-unsaturated/α-hetero) is 1. The van der Waals surface area contributed by atoms with Crippen molar-refractivity contribution in [3.05, 3.63) is 70.3 Å². The highest BCUT2D eigenvalue weighted by Gasteiger charge is 2.27. The van der Waals surface area contributed by atoms with Crippen LogP contribution in [-0.4, -0.2) is 5.78 Å². The molecule has 0 heterocycles. The van der Waals surface area contributed by atoms with Gasteiger partial charge in [-0.2, -0.15) is 0 Å². The van der Waals surface area contributed by atoms with Gasteiger partial charge in [-0.25, -0.2) is 0 Å². The van der Waals surface area contributed by atoms with Crippen molar-refractivity contribution >= 4 is 5.78 Å². The number of hydrogen-bond acceptors (Lipinski definition) is 1. The Hall–Kier alpha value is -1.89. The van der Waals surface area contributed by atoms with Crippen molar-refractivity contribution in [3.8, 4) is 0 Å². The van der Waals surface area contributed by atoms with Crippen LogP contribution in [0.1, 0.15) is 34.2 Å². The number of benzene rings is 2. The van der Waals surface area contributed by atoms with Gasteiger partial charge >= 0.3 is 0 Å². The van der Waals surface area contributed by atoms with Crippen LogP contribution < -0.4 is 0 Å². The van der Waals surface area contributed by atoms with Crippen LogP contribution in [-0.2, 0) is 36.9 Å². The fourth-order valence-electron chi connectivity index (χ4n) is 3.87. The monoisotopic (exact) mass is 276 g/mol. The van der Waals surface area contributed by atoms with Crippen molar-refractivity contribution in [2.24, 2.45) is 5.92 Å². The molecule has 0 spiro atoms. The second-order valence-corrected chi connectivity index (χ2v) is 6.47. The van der Waals surface area contributed by atoms with Crippen LogP contribution in [0.15, 0.2) is 42.5 Å². The molecule has 0 saturated heterocycles. The van der Waals surface area contributed by atoms with E-state index in [0.29, 0.717) is 12.2 Å². The van der Waals surface area contributed by atoms with E-state index in [4.69, 9.17) is 0 Å². The molecule has 0 radical (unpaired) electrons. The molecule has 4 rings (SSSR count).